The lowest BCUT2D eigenvalue weighted by Gasteiger charge is -2.29. The Balaban J connectivity index is 2.09. The van der Waals surface area contributed by atoms with Crippen molar-refractivity contribution in [3.63, 3.8) is 0 Å². The van der Waals surface area contributed by atoms with Crippen LogP contribution in [0.4, 0.5) is 5.69 Å². The molecule has 2 aromatic carbocycles. The van der Waals surface area contributed by atoms with Gasteiger partial charge in [0.05, 0.1) is 18.9 Å². The van der Waals surface area contributed by atoms with E-state index >= 15 is 0 Å². The van der Waals surface area contributed by atoms with Gasteiger partial charge in [0.25, 0.3) is 5.91 Å². The lowest BCUT2D eigenvalue weighted by molar-refractivity contribution is -0.135. The molecule has 0 fully saturated rings. The highest BCUT2D eigenvalue weighted by molar-refractivity contribution is 6.29. The number of nitrogens with zero attached hydrogens (tertiary/aromatic N) is 2. The van der Waals surface area contributed by atoms with E-state index in [1.165, 1.54) is 12.0 Å². The van der Waals surface area contributed by atoms with Gasteiger partial charge in [0, 0.05) is 5.56 Å². The Morgan fingerprint density at radius 2 is 1.80 bits per heavy atom. The van der Waals surface area contributed by atoms with Gasteiger partial charge in [0.2, 0.25) is 0 Å². The van der Waals surface area contributed by atoms with Gasteiger partial charge < -0.3 is 4.74 Å². The Kier molecular flexibility index (Phi) is 4.61. The van der Waals surface area contributed by atoms with Crippen molar-refractivity contribution in [1.29, 1.82) is 0 Å². The normalized spacial score (nSPS) is 15.6. The summed E-state index contributed by atoms with van der Waals surface area (Å²) in [6, 6.07) is 16.9. The molecule has 126 valence electrons. The average Bonchev–Trinajstić information content (AvgIpc) is 2.64. The Morgan fingerprint density at radius 3 is 2.44 bits per heavy atom. The van der Waals surface area contributed by atoms with Crippen molar-refractivity contribution >= 4 is 23.4 Å². The topological polar surface area (TPSA) is 71.0 Å². The summed E-state index contributed by atoms with van der Waals surface area (Å²) in [6.07, 6.45) is 1.09. The molecular formula is C19H17N3O3. The summed E-state index contributed by atoms with van der Waals surface area (Å²) in [5.74, 6) is -0.558. The first-order valence-corrected chi connectivity index (χ1v) is 7.70. The zero-order chi connectivity index (χ0) is 17.8. The van der Waals surface area contributed by atoms with Crippen molar-refractivity contribution in [3.8, 4) is 0 Å². The third kappa shape index (κ3) is 3.42. The Morgan fingerprint density at radius 1 is 1.12 bits per heavy atom. The van der Waals surface area contributed by atoms with E-state index in [1.807, 2.05) is 61.5 Å². The molecule has 0 radical (unpaired) electrons. The molecular weight excluding hydrogens is 318 g/mol. The number of carbonyl (C=O) groups is 2. The minimum absolute atomic E-state index is 0.0482. The first kappa shape index (κ1) is 16.4. The molecule has 0 aliphatic carbocycles. The minimum Gasteiger partial charge on any atom is -0.466 e. The van der Waals surface area contributed by atoms with Gasteiger partial charge in [0.15, 0.2) is 5.84 Å². The number of nitrogens with one attached hydrogen (secondary N) is 1. The van der Waals surface area contributed by atoms with Crippen molar-refractivity contribution in [2.75, 3.05) is 12.0 Å². The standard InChI is InChI=1S/C19H17N3O3/c1-13-8-10-15(11-9-13)22-18(14-6-4-3-5-7-14)21-20-16(19(22)24)12-17(23)25-2/h3-12,20H,1-2H3/b16-12+. The molecule has 1 aliphatic heterocycles. The van der Waals surface area contributed by atoms with E-state index < -0.39 is 5.97 Å². The predicted molar refractivity (Wildman–Crippen MR) is 94.9 cm³/mol. The number of hydrazone groups is 1. The van der Waals surface area contributed by atoms with Crippen molar-refractivity contribution in [2.24, 2.45) is 5.10 Å². The number of benzene rings is 2. The van der Waals surface area contributed by atoms with Crippen LogP contribution in [0.2, 0.25) is 0 Å². The molecule has 0 spiro atoms. The van der Waals surface area contributed by atoms with Gasteiger partial charge in [-0.3, -0.25) is 15.1 Å². The van der Waals surface area contributed by atoms with Crippen molar-refractivity contribution in [2.45, 2.75) is 6.92 Å². The van der Waals surface area contributed by atoms with Crippen LogP contribution in [0.5, 0.6) is 0 Å². The highest BCUT2D eigenvalue weighted by Crippen LogP contribution is 2.23. The quantitative estimate of drug-likeness (QED) is 0.690. The summed E-state index contributed by atoms with van der Waals surface area (Å²) in [5.41, 5.74) is 5.22. The third-order valence-corrected chi connectivity index (χ3v) is 3.72. The second-order valence-corrected chi connectivity index (χ2v) is 5.47. The van der Waals surface area contributed by atoms with Crippen molar-refractivity contribution < 1.29 is 14.3 Å². The van der Waals surface area contributed by atoms with Crippen LogP contribution in [0.3, 0.4) is 0 Å². The zero-order valence-electron chi connectivity index (χ0n) is 13.9. The second-order valence-electron chi connectivity index (χ2n) is 5.47. The number of hydrogen-bond donors (Lipinski definition) is 1. The third-order valence-electron chi connectivity index (χ3n) is 3.72. The Labute approximate surface area is 145 Å². The molecule has 0 saturated carbocycles. The first-order chi connectivity index (χ1) is 12.1. The summed E-state index contributed by atoms with van der Waals surface area (Å²) in [5, 5.41) is 4.29. The Hall–Kier alpha value is -3.41. The van der Waals surface area contributed by atoms with Crippen LogP contribution in [-0.4, -0.2) is 24.8 Å². The summed E-state index contributed by atoms with van der Waals surface area (Å²) in [4.78, 5) is 25.9. The van der Waals surface area contributed by atoms with E-state index in [0.29, 0.717) is 11.5 Å². The maximum atomic E-state index is 13.0. The monoisotopic (exact) mass is 335 g/mol. The number of anilines is 1. The molecule has 1 N–H and O–H groups in total. The molecule has 25 heavy (non-hydrogen) atoms. The number of amides is 1. The molecule has 0 bridgehead atoms. The minimum atomic E-state index is -0.627. The second kappa shape index (κ2) is 7.00. The van der Waals surface area contributed by atoms with Gasteiger partial charge in [-0.25, -0.2) is 4.79 Å². The molecule has 0 atom stereocenters. The summed E-state index contributed by atoms with van der Waals surface area (Å²) >= 11 is 0. The molecule has 0 aromatic heterocycles. The van der Waals surface area contributed by atoms with E-state index in [1.54, 1.807) is 0 Å². The lowest BCUT2D eigenvalue weighted by atomic mass is 10.1. The number of esters is 1. The highest BCUT2D eigenvalue weighted by atomic mass is 16.5. The number of ether oxygens (including phenoxy) is 1. The van der Waals surface area contributed by atoms with E-state index in [-0.39, 0.29) is 11.6 Å². The molecule has 3 rings (SSSR count). The maximum absolute atomic E-state index is 13.0. The molecule has 2 aromatic rings. The SMILES string of the molecule is COC(=O)/C=C1/NN=C(c2ccccc2)N(c2ccc(C)cc2)C1=O. The van der Waals surface area contributed by atoms with Crippen LogP contribution in [0.25, 0.3) is 0 Å². The predicted octanol–water partition coefficient (Wildman–Crippen LogP) is 2.35. The molecule has 6 heteroatoms. The zero-order valence-corrected chi connectivity index (χ0v) is 13.9. The number of rotatable bonds is 3. The van der Waals surface area contributed by atoms with Gasteiger partial charge in [0.1, 0.15) is 5.70 Å². The van der Waals surface area contributed by atoms with Gasteiger partial charge in [-0.05, 0) is 19.1 Å². The molecule has 6 nitrogen and oxygen atoms in total. The first-order valence-electron chi connectivity index (χ1n) is 7.70. The number of aryl methyl sites for hydroxylation is 1. The fourth-order valence-corrected chi connectivity index (χ4v) is 2.41. The number of carbonyl (C=O) groups excluding carboxylic acids is 2. The van der Waals surface area contributed by atoms with Crippen LogP contribution in [0.15, 0.2) is 71.5 Å². The summed E-state index contributed by atoms with van der Waals surface area (Å²) in [7, 11) is 1.25. The number of hydrogen-bond acceptors (Lipinski definition) is 5. The molecule has 1 amide bonds. The van der Waals surface area contributed by atoms with Crippen LogP contribution >= 0.6 is 0 Å². The van der Waals surface area contributed by atoms with E-state index in [9.17, 15) is 9.59 Å². The fourth-order valence-electron chi connectivity index (χ4n) is 2.41. The molecule has 0 saturated heterocycles. The van der Waals surface area contributed by atoms with E-state index in [2.05, 4.69) is 15.3 Å². The largest absolute Gasteiger partial charge is 0.466 e. The lowest BCUT2D eigenvalue weighted by Crippen LogP contribution is -2.46. The van der Waals surface area contributed by atoms with Crippen LogP contribution in [0.1, 0.15) is 11.1 Å². The fraction of sp³-hybridized carbons (Fsp3) is 0.105. The maximum Gasteiger partial charge on any atom is 0.332 e. The average molecular weight is 335 g/mol. The van der Waals surface area contributed by atoms with Gasteiger partial charge in [-0.2, -0.15) is 5.10 Å². The van der Waals surface area contributed by atoms with Crippen molar-refractivity contribution in [1.82, 2.24) is 5.43 Å². The summed E-state index contributed by atoms with van der Waals surface area (Å²) in [6.45, 7) is 1.97. The van der Waals surface area contributed by atoms with Crippen LogP contribution < -0.4 is 10.3 Å². The van der Waals surface area contributed by atoms with Gasteiger partial charge in [-0.1, -0.05) is 48.0 Å². The van der Waals surface area contributed by atoms with Gasteiger partial charge in [-0.15, -0.1) is 0 Å². The van der Waals surface area contributed by atoms with Gasteiger partial charge >= 0.3 is 5.97 Å². The van der Waals surface area contributed by atoms with E-state index in [4.69, 9.17) is 0 Å². The summed E-state index contributed by atoms with van der Waals surface area (Å²) < 4.78 is 4.59. The smallest absolute Gasteiger partial charge is 0.332 e. The number of methoxy groups -OCH3 is 1. The van der Waals surface area contributed by atoms with Crippen LogP contribution in [0, 0.1) is 6.92 Å². The number of amidine groups is 1. The molecule has 0 unspecified atom stereocenters. The molecule has 1 aliphatic rings. The molecule has 1 heterocycles. The highest BCUT2D eigenvalue weighted by Gasteiger charge is 2.30. The van der Waals surface area contributed by atoms with Crippen LogP contribution in [-0.2, 0) is 14.3 Å². The van der Waals surface area contributed by atoms with E-state index in [0.717, 1.165) is 17.2 Å². The Bertz CT molecular complexity index is 855. The van der Waals surface area contributed by atoms with Crippen molar-refractivity contribution in [3.05, 3.63) is 77.5 Å².